The van der Waals surface area contributed by atoms with Crippen LogP contribution in [-0.2, 0) is 6.42 Å². The van der Waals surface area contributed by atoms with Crippen LogP contribution in [0.1, 0.15) is 15.2 Å². The standard InChI is InChI=1S/C13H12F2N2OS/c14-8-6-10(12(15)11(16)7-8)13(18)17-4-3-9-2-1-5-19-9/h1-2,5-7H,3-4,16H2,(H,17,18). The van der Waals surface area contributed by atoms with Crippen molar-refractivity contribution < 1.29 is 13.6 Å². The average molecular weight is 282 g/mol. The third-order valence-electron chi connectivity index (χ3n) is 2.55. The molecule has 0 bridgehead atoms. The van der Waals surface area contributed by atoms with Gasteiger partial charge in [-0.25, -0.2) is 8.78 Å². The third kappa shape index (κ3) is 3.29. The molecule has 100 valence electrons. The molecular weight excluding hydrogens is 270 g/mol. The minimum absolute atomic E-state index is 0.356. The highest BCUT2D eigenvalue weighted by Gasteiger charge is 2.15. The highest BCUT2D eigenvalue weighted by atomic mass is 32.1. The molecule has 0 saturated carbocycles. The van der Waals surface area contributed by atoms with E-state index in [0.29, 0.717) is 13.0 Å². The van der Waals surface area contributed by atoms with Gasteiger partial charge < -0.3 is 11.1 Å². The number of hydrogen-bond acceptors (Lipinski definition) is 3. The zero-order chi connectivity index (χ0) is 13.8. The molecule has 2 aromatic rings. The Kier molecular flexibility index (Phi) is 4.11. The van der Waals surface area contributed by atoms with E-state index in [2.05, 4.69) is 5.32 Å². The molecule has 1 heterocycles. The Morgan fingerprint density at radius 2 is 2.16 bits per heavy atom. The summed E-state index contributed by atoms with van der Waals surface area (Å²) < 4.78 is 26.7. The lowest BCUT2D eigenvalue weighted by atomic mass is 10.1. The number of nitrogens with two attached hydrogens (primary N) is 1. The van der Waals surface area contributed by atoms with Crippen LogP contribution in [0.3, 0.4) is 0 Å². The van der Waals surface area contributed by atoms with E-state index in [1.54, 1.807) is 11.3 Å². The van der Waals surface area contributed by atoms with Crippen LogP contribution in [0.25, 0.3) is 0 Å². The van der Waals surface area contributed by atoms with E-state index >= 15 is 0 Å². The molecule has 3 N–H and O–H groups in total. The van der Waals surface area contributed by atoms with E-state index in [9.17, 15) is 13.6 Å². The van der Waals surface area contributed by atoms with Gasteiger partial charge in [0.05, 0.1) is 11.3 Å². The van der Waals surface area contributed by atoms with Crippen molar-refractivity contribution in [1.82, 2.24) is 5.32 Å². The number of amides is 1. The quantitative estimate of drug-likeness (QED) is 0.847. The van der Waals surface area contributed by atoms with Gasteiger partial charge in [-0.05, 0) is 30.0 Å². The molecule has 0 atom stereocenters. The highest BCUT2D eigenvalue weighted by molar-refractivity contribution is 7.09. The number of rotatable bonds is 4. The van der Waals surface area contributed by atoms with Crippen LogP contribution >= 0.6 is 11.3 Å². The first-order valence-electron chi connectivity index (χ1n) is 5.63. The molecule has 0 unspecified atom stereocenters. The molecule has 0 aliphatic heterocycles. The predicted molar refractivity (Wildman–Crippen MR) is 71.1 cm³/mol. The largest absolute Gasteiger partial charge is 0.396 e. The lowest BCUT2D eigenvalue weighted by molar-refractivity contribution is 0.0950. The van der Waals surface area contributed by atoms with Crippen molar-refractivity contribution in [2.75, 3.05) is 12.3 Å². The fourth-order valence-electron chi connectivity index (χ4n) is 1.62. The number of hydrogen-bond donors (Lipinski definition) is 2. The van der Waals surface area contributed by atoms with E-state index in [0.717, 1.165) is 17.0 Å². The van der Waals surface area contributed by atoms with Crippen LogP contribution < -0.4 is 11.1 Å². The predicted octanol–water partition coefficient (Wildman–Crippen LogP) is 2.58. The maximum atomic E-state index is 13.6. The number of anilines is 1. The molecule has 0 spiro atoms. The van der Waals surface area contributed by atoms with Crippen LogP contribution in [0.2, 0.25) is 0 Å². The molecule has 0 radical (unpaired) electrons. The molecule has 0 aliphatic rings. The summed E-state index contributed by atoms with van der Waals surface area (Å²) in [6.07, 6.45) is 0.649. The minimum atomic E-state index is -0.893. The van der Waals surface area contributed by atoms with Gasteiger partial charge in [0, 0.05) is 11.4 Å². The van der Waals surface area contributed by atoms with E-state index in [4.69, 9.17) is 5.73 Å². The van der Waals surface area contributed by atoms with Crippen LogP contribution in [0, 0.1) is 11.6 Å². The third-order valence-corrected chi connectivity index (χ3v) is 3.48. The summed E-state index contributed by atoms with van der Waals surface area (Å²) in [6, 6.07) is 5.54. The number of halogens is 2. The maximum absolute atomic E-state index is 13.6. The first kappa shape index (κ1) is 13.5. The first-order chi connectivity index (χ1) is 9.08. The van der Waals surface area contributed by atoms with Gasteiger partial charge in [0.1, 0.15) is 5.82 Å². The monoisotopic (exact) mass is 282 g/mol. The Labute approximate surface area is 113 Å². The lowest BCUT2D eigenvalue weighted by Crippen LogP contribution is -2.26. The molecular formula is C13H12F2N2OS. The second-order valence-electron chi connectivity index (χ2n) is 3.94. The Morgan fingerprint density at radius 3 is 2.84 bits per heavy atom. The minimum Gasteiger partial charge on any atom is -0.396 e. The fourth-order valence-corrected chi connectivity index (χ4v) is 2.33. The zero-order valence-electron chi connectivity index (χ0n) is 9.95. The summed E-state index contributed by atoms with van der Waals surface area (Å²) >= 11 is 1.57. The van der Waals surface area contributed by atoms with Gasteiger partial charge in [-0.15, -0.1) is 11.3 Å². The summed E-state index contributed by atoms with van der Waals surface area (Å²) in [5.41, 5.74) is 4.53. The van der Waals surface area contributed by atoms with Crippen LogP contribution in [0.15, 0.2) is 29.6 Å². The molecule has 1 aromatic heterocycles. The Morgan fingerprint density at radius 1 is 1.37 bits per heavy atom. The van der Waals surface area contributed by atoms with Gasteiger partial charge in [-0.2, -0.15) is 0 Å². The average Bonchev–Trinajstić information content (AvgIpc) is 2.86. The highest BCUT2D eigenvalue weighted by Crippen LogP contribution is 2.17. The van der Waals surface area contributed by atoms with Crippen LogP contribution in [-0.4, -0.2) is 12.5 Å². The molecule has 3 nitrogen and oxygen atoms in total. The van der Waals surface area contributed by atoms with Crippen LogP contribution in [0.5, 0.6) is 0 Å². The van der Waals surface area contributed by atoms with Crippen molar-refractivity contribution >= 4 is 22.9 Å². The molecule has 2 rings (SSSR count). The molecule has 1 aromatic carbocycles. The Balaban J connectivity index is 2.00. The molecule has 0 saturated heterocycles. The Bertz CT molecular complexity index is 585. The zero-order valence-corrected chi connectivity index (χ0v) is 10.8. The molecule has 1 amide bonds. The normalized spacial score (nSPS) is 10.4. The summed E-state index contributed by atoms with van der Waals surface area (Å²) in [6.45, 7) is 0.356. The van der Waals surface area contributed by atoms with Crippen LogP contribution in [0.4, 0.5) is 14.5 Å². The summed E-state index contributed by atoms with van der Waals surface area (Å²) in [7, 11) is 0. The lowest BCUT2D eigenvalue weighted by Gasteiger charge is -2.07. The number of benzene rings is 1. The van der Waals surface area contributed by atoms with Gasteiger partial charge in [0.25, 0.3) is 5.91 Å². The molecule has 19 heavy (non-hydrogen) atoms. The SMILES string of the molecule is Nc1cc(F)cc(C(=O)NCCc2cccs2)c1F. The van der Waals surface area contributed by atoms with E-state index in [1.165, 1.54) is 0 Å². The van der Waals surface area contributed by atoms with Crippen molar-refractivity contribution in [3.8, 4) is 0 Å². The second-order valence-corrected chi connectivity index (χ2v) is 4.97. The number of thiophene rings is 1. The fraction of sp³-hybridized carbons (Fsp3) is 0.154. The van der Waals surface area contributed by atoms with E-state index in [1.807, 2.05) is 17.5 Å². The molecule has 0 fully saturated rings. The van der Waals surface area contributed by atoms with E-state index < -0.39 is 17.5 Å². The van der Waals surface area contributed by atoms with Gasteiger partial charge in [-0.1, -0.05) is 6.07 Å². The van der Waals surface area contributed by atoms with Gasteiger partial charge in [0.2, 0.25) is 0 Å². The maximum Gasteiger partial charge on any atom is 0.254 e. The van der Waals surface area contributed by atoms with Crippen molar-refractivity contribution in [2.45, 2.75) is 6.42 Å². The molecule has 0 aliphatic carbocycles. The summed E-state index contributed by atoms with van der Waals surface area (Å²) in [4.78, 5) is 12.8. The van der Waals surface area contributed by atoms with Crippen molar-refractivity contribution in [3.05, 3.63) is 51.7 Å². The number of carbonyl (C=O) groups excluding carboxylic acids is 1. The molecule has 6 heteroatoms. The second kappa shape index (κ2) is 5.79. The number of carbonyl (C=O) groups is 1. The number of nitrogens with one attached hydrogen (secondary N) is 1. The van der Waals surface area contributed by atoms with Crippen molar-refractivity contribution in [3.63, 3.8) is 0 Å². The van der Waals surface area contributed by atoms with Crippen molar-refractivity contribution in [1.29, 1.82) is 0 Å². The van der Waals surface area contributed by atoms with Crippen molar-refractivity contribution in [2.24, 2.45) is 0 Å². The topological polar surface area (TPSA) is 55.1 Å². The van der Waals surface area contributed by atoms with E-state index in [-0.39, 0.29) is 11.3 Å². The smallest absolute Gasteiger partial charge is 0.254 e. The number of nitrogen functional groups attached to an aromatic ring is 1. The summed E-state index contributed by atoms with van der Waals surface area (Å²) in [5, 5.41) is 4.47. The first-order valence-corrected chi connectivity index (χ1v) is 6.51. The van der Waals surface area contributed by atoms with Gasteiger partial charge in [-0.3, -0.25) is 4.79 Å². The van der Waals surface area contributed by atoms with Gasteiger partial charge in [0.15, 0.2) is 5.82 Å². The van der Waals surface area contributed by atoms with Gasteiger partial charge >= 0.3 is 0 Å². The summed E-state index contributed by atoms with van der Waals surface area (Å²) in [5.74, 6) is -2.29. The Hall–Kier alpha value is -1.95.